The molecule has 1 N–H and O–H groups in total. The molecule has 0 saturated heterocycles. The number of urea groups is 1. The Balaban J connectivity index is 1.83. The number of hydrogen-bond donors (Lipinski definition) is 1. The van der Waals surface area contributed by atoms with Crippen molar-refractivity contribution in [1.82, 2.24) is 10.2 Å². The molecule has 2 amide bonds. The number of fused-ring (bicyclic) bond motifs is 2. The summed E-state index contributed by atoms with van der Waals surface area (Å²) in [5.74, 6) is 0. The zero-order valence-electron chi connectivity index (χ0n) is 12.0. The Morgan fingerprint density at radius 2 is 1.95 bits per heavy atom. The van der Waals surface area contributed by atoms with Gasteiger partial charge in [0.1, 0.15) is 0 Å². The van der Waals surface area contributed by atoms with E-state index in [1.54, 1.807) is 0 Å². The number of nitrogens with zero attached hydrogens (tertiary/aromatic N) is 1. The topological polar surface area (TPSA) is 32.3 Å². The molecule has 1 aliphatic carbocycles. The first-order valence-corrected chi connectivity index (χ1v) is 7.05. The standard InChI is InChI=1S/C16H22N2O/c1-15(2,3)17-14(19)18-10-12-6-4-5-7-13(12)16(11-18)8-9-16/h4-7H,8-11H2,1-3H3,(H,17,19). The molecular formula is C16H22N2O. The summed E-state index contributed by atoms with van der Waals surface area (Å²) in [6, 6.07) is 8.64. The molecule has 1 fully saturated rings. The molecule has 0 radical (unpaired) electrons. The van der Waals surface area contributed by atoms with E-state index in [1.165, 1.54) is 24.0 Å². The SMILES string of the molecule is CC(C)(C)NC(=O)N1Cc2ccccc2C2(CC2)C1. The lowest BCUT2D eigenvalue weighted by atomic mass is 9.87. The predicted octanol–water partition coefficient (Wildman–Crippen LogP) is 3.04. The second-order valence-electron chi connectivity index (χ2n) is 6.97. The lowest BCUT2D eigenvalue weighted by Crippen LogP contribution is -2.51. The fourth-order valence-electron chi connectivity index (χ4n) is 3.01. The number of rotatable bonds is 0. The first kappa shape index (κ1) is 12.5. The van der Waals surface area contributed by atoms with Gasteiger partial charge in [-0.1, -0.05) is 24.3 Å². The number of nitrogens with one attached hydrogen (secondary N) is 1. The summed E-state index contributed by atoms with van der Waals surface area (Å²) in [4.78, 5) is 14.3. The van der Waals surface area contributed by atoms with Crippen molar-refractivity contribution in [2.24, 2.45) is 0 Å². The van der Waals surface area contributed by atoms with E-state index in [4.69, 9.17) is 0 Å². The van der Waals surface area contributed by atoms with Gasteiger partial charge < -0.3 is 10.2 Å². The van der Waals surface area contributed by atoms with Crippen LogP contribution in [0, 0.1) is 0 Å². The molecule has 102 valence electrons. The maximum Gasteiger partial charge on any atom is 0.318 e. The van der Waals surface area contributed by atoms with Crippen molar-refractivity contribution >= 4 is 6.03 Å². The second-order valence-corrected chi connectivity index (χ2v) is 6.97. The maximum absolute atomic E-state index is 12.4. The molecule has 3 nitrogen and oxygen atoms in total. The van der Waals surface area contributed by atoms with Crippen molar-refractivity contribution in [1.29, 1.82) is 0 Å². The molecule has 1 saturated carbocycles. The lowest BCUT2D eigenvalue weighted by molar-refractivity contribution is 0.174. The minimum Gasteiger partial charge on any atom is -0.333 e. The summed E-state index contributed by atoms with van der Waals surface area (Å²) >= 11 is 0. The maximum atomic E-state index is 12.4. The molecule has 1 heterocycles. The summed E-state index contributed by atoms with van der Waals surface area (Å²) < 4.78 is 0. The molecule has 1 aromatic rings. The normalized spacial score (nSPS) is 20.1. The molecular weight excluding hydrogens is 236 g/mol. The van der Waals surface area contributed by atoms with Crippen molar-refractivity contribution in [3.63, 3.8) is 0 Å². The summed E-state index contributed by atoms with van der Waals surface area (Å²) in [6.45, 7) is 7.67. The van der Waals surface area contributed by atoms with Gasteiger partial charge in [0.05, 0.1) is 0 Å². The van der Waals surface area contributed by atoms with Crippen LogP contribution in [0.25, 0.3) is 0 Å². The van der Waals surface area contributed by atoms with Crippen LogP contribution in [0.4, 0.5) is 4.79 Å². The molecule has 19 heavy (non-hydrogen) atoms. The van der Waals surface area contributed by atoms with Crippen LogP contribution in [0.15, 0.2) is 24.3 Å². The molecule has 1 spiro atoms. The second kappa shape index (κ2) is 3.99. The summed E-state index contributed by atoms with van der Waals surface area (Å²) in [5.41, 5.74) is 2.86. The summed E-state index contributed by atoms with van der Waals surface area (Å²) in [7, 11) is 0. The first-order chi connectivity index (χ1) is 8.90. The van der Waals surface area contributed by atoms with Crippen LogP contribution in [0.3, 0.4) is 0 Å². The third-order valence-corrected chi connectivity index (χ3v) is 4.07. The van der Waals surface area contributed by atoms with Crippen LogP contribution in [0.1, 0.15) is 44.7 Å². The van der Waals surface area contributed by atoms with Gasteiger partial charge in [-0.15, -0.1) is 0 Å². The number of carbonyl (C=O) groups excluding carboxylic acids is 1. The largest absolute Gasteiger partial charge is 0.333 e. The van der Waals surface area contributed by atoms with E-state index in [2.05, 4.69) is 29.6 Å². The van der Waals surface area contributed by atoms with Crippen molar-refractivity contribution in [3.8, 4) is 0 Å². The van der Waals surface area contributed by atoms with Gasteiger partial charge in [0.2, 0.25) is 0 Å². The summed E-state index contributed by atoms with van der Waals surface area (Å²) in [5, 5.41) is 3.07. The Kier molecular flexibility index (Phi) is 2.63. The molecule has 0 bridgehead atoms. The molecule has 3 rings (SSSR count). The van der Waals surface area contributed by atoms with Gasteiger partial charge in [-0.2, -0.15) is 0 Å². The first-order valence-electron chi connectivity index (χ1n) is 7.05. The highest BCUT2D eigenvalue weighted by atomic mass is 16.2. The fourth-order valence-corrected chi connectivity index (χ4v) is 3.01. The number of carbonyl (C=O) groups is 1. The van der Waals surface area contributed by atoms with Crippen molar-refractivity contribution in [3.05, 3.63) is 35.4 Å². The van der Waals surface area contributed by atoms with Gasteiger partial charge in [-0.25, -0.2) is 4.79 Å². The number of hydrogen-bond acceptors (Lipinski definition) is 1. The zero-order chi connectivity index (χ0) is 13.7. The average Bonchev–Trinajstić information content (AvgIpc) is 3.07. The van der Waals surface area contributed by atoms with Gasteiger partial charge in [-0.3, -0.25) is 0 Å². The van der Waals surface area contributed by atoms with E-state index < -0.39 is 0 Å². The Morgan fingerprint density at radius 1 is 1.26 bits per heavy atom. The highest BCUT2D eigenvalue weighted by Crippen LogP contribution is 2.52. The molecule has 2 aliphatic rings. The van der Waals surface area contributed by atoms with E-state index in [9.17, 15) is 4.79 Å². The summed E-state index contributed by atoms with van der Waals surface area (Å²) in [6.07, 6.45) is 2.42. The van der Waals surface area contributed by atoms with E-state index in [0.717, 1.165) is 13.1 Å². The van der Waals surface area contributed by atoms with Gasteiger partial charge >= 0.3 is 6.03 Å². The molecule has 0 atom stereocenters. The predicted molar refractivity (Wildman–Crippen MR) is 76.0 cm³/mol. The van der Waals surface area contributed by atoms with Crippen LogP contribution in [0.2, 0.25) is 0 Å². The van der Waals surface area contributed by atoms with E-state index in [1.807, 2.05) is 25.7 Å². The highest BCUT2D eigenvalue weighted by Gasteiger charge is 2.49. The minimum absolute atomic E-state index is 0.0632. The lowest BCUT2D eigenvalue weighted by Gasteiger charge is -2.36. The van der Waals surface area contributed by atoms with Gasteiger partial charge in [0.25, 0.3) is 0 Å². The van der Waals surface area contributed by atoms with Gasteiger partial charge in [0.15, 0.2) is 0 Å². The zero-order valence-corrected chi connectivity index (χ0v) is 12.0. The van der Waals surface area contributed by atoms with Crippen molar-refractivity contribution in [2.45, 2.75) is 51.1 Å². The molecule has 1 aliphatic heterocycles. The smallest absolute Gasteiger partial charge is 0.318 e. The van der Waals surface area contributed by atoms with Crippen molar-refractivity contribution in [2.75, 3.05) is 6.54 Å². The van der Waals surface area contributed by atoms with Crippen LogP contribution in [-0.2, 0) is 12.0 Å². The molecule has 3 heteroatoms. The fraction of sp³-hybridized carbons (Fsp3) is 0.562. The minimum atomic E-state index is -0.176. The molecule has 0 unspecified atom stereocenters. The monoisotopic (exact) mass is 258 g/mol. The number of amides is 2. The molecule has 1 aromatic carbocycles. The quantitative estimate of drug-likeness (QED) is 0.762. The van der Waals surface area contributed by atoms with Crippen LogP contribution in [-0.4, -0.2) is 23.0 Å². The Labute approximate surface area is 115 Å². The van der Waals surface area contributed by atoms with E-state index in [-0.39, 0.29) is 17.0 Å². The van der Waals surface area contributed by atoms with Crippen molar-refractivity contribution < 1.29 is 4.79 Å². The van der Waals surface area contributed by atoms with Crippen LogP contribution < -0.4 is 5.32 Å². The van der Waals surface area contributed by atoms with E-state index >= 15 is 0 Å². The number of benzene rings is 1. The van der Waals surface area contributed by atoms with Crippen LogP contribution >= 0.6 is 0 Å². The highest BCUT2D eigenvalue weighted by molar-refractivity contribution is 5.76. The van der Waals surface area contributed by atoms with Gasteiger partial charge in [-0.05, 0) is 44.7 Å². The van der Waals surface area contributed by atoms with Gasteiger partial charge in [0, 0.05) is 24.0 Å². The third kappa shape index (κ3) is 2.34. The Hall–Kier alpha value is -1.51. The Morgan fingerprint density at radius 3 is 2.58 bits per heavy atom. The van der Waals surface area contributed by atoms with E-state index in [0.29, 0.717) is 0 Å². The third-order valence-electron chi connectivity index (χ3n) is 4.07. The average molecular weight is 258 g/mol. The Bertz CT molecular complexity index is 512. The van der Waals surface area contributed by atoms with Crippen LogP contribution in [0.5, 0.6) is 0 Å². The molecule has 0 aromatic heterocycles.